The number of rotatable bonds is 1. The van der Waals surface area contributed by atoms with E-state index in [-0.39, 0.29) is 0 Å². The molecule has 0 nitrogen and oxygen atoms in total. The van der Waals surface area contributed by atoms with E-state index in [1.165, 1.54) is 0 Å². The van der Waals surface area contributed by atoms with Crippen LogP contribution in [-0.2, 0) is 0 Å². The van der Waals surface area contributed by atoms with Gasteiger partial charge in [0.15, 0.2) is 0 Å². The average Bonchev–Trinajstić information content (AvgIpc) is 1.90. The van der Waals surface area contributed by atoms with E-state index in [2.05, 4.69) is 24.8 Å². The fourth-order valence-corrected chi connectivity index (χ4v) is 1.09. The molecule has 1 rings (SSSR count). The highest BCUT2D eigenvalue weighted by Crippen LogP contribution is 2.12. The van der Waals surface area contributed by atoms with Crippen LogP contribution in [0.15, 0.2) is 23.8 Å². The van der Waals surface area contributed by atoms with Crippen molar-refractivity contribution in [2.75, 3.05) is 0 Å². The second-order valence-corrected chi connectivity index (χ2v) is 3.10. The summed E-state index contributed by atoms with van der Waals surface area (Å²) in [5.41, 5.74) is 1.10. The van der Waals surface area contributed by atoms with Gasteiger partial charge in [0.25, 0.3) is 0 Å². The molecule has 0 heterocycles. The van der Waals surface area contributed by atoms with E-state index in [0.717, 1.165) is 18.4 Å². The Balaban J connectivity index is 2.69. The number of thiol groups is 1. The second-order valence-electron chi connectivity index (χ2n) is 1.94. The highest BCUT2D eigenvalue weighted by atomic mass is 32.1. The van der Waals surface area contributed by atoms with Crippen molar-refractivity contribution in [1.29, 1.82) is 0 Å². The SMILES string of the molecule is S=C(S)C1=CCCC=C1. The first kappa shape index (κ1) is 7.03. The number of thiocarbonyl (C=S) groups is 1. The largest absolute Gasteiger partial charge is 0.131 e. The molecule has 1 aliphatic carbocycles. The van der Waals surface area contributed by atoms with Gasteiger partial charge in [-0.1, -0.05) is 30.4 Å². The lowest BCUT2D eigenvalue weighted by Crippen LogP contribution is -1.89. The molecule has 0 aromatic heterocycles. The fourth-order valence-electron chi connectivity index (χ4n) is 0.772. The third-order valence-corrected chi connectivity index (χ3v) is 1.74. The zero-order valence-corrected chi connectivity index (χ0v) is 6.71. The molecule has 0 unspecified atom stereocenters. The lowest BCUT2D eigenvalue weighted by molar-refractivity contribution is 1.03. The quantitative estimate of drug-likeness (QED) is 0.449. The average molecular weight is 156 g/mol. The zero-order valence-electron chi connectivity index (χ0n) is 5.00. The van der Waals surface area contributed by atoms with Gasteiger partial charge in [-0.15, -0.1) is 12.6 Å². The maximum Gasteiger partial charge on any atom is 0.0744 e. The molecule has 0 radical (unpaired) electrons. The van der Waals surface area contributed by atoms with Crippen LogP contribution in [0.4, 0.5) is 0 Å². The molecule has 0 aliphatic heterocycles. The predicted molar refractivity (Wildman–Crippen MR) is 48.0 cm³/mol. The standard InChI is InChI=1S/C7H8S2/c8-7(9)6-4-2-1-3-5-6/h2,4-5H,1,3H2,(H,8,9). The van der Waals surface area contributed by atoms with Crippen LogP contribution in [0.2, 0.25) is 0 Å². The number of hydrogen-bond acceptors (Lipinski definition) is 1. The molecule has 2 heteroatoms. The predicted octanol–water partition coefficient (Wildman–Crippen LogP) is 2.52. The minimum atomic E-state index is 0.700. The van der Waals surface area contributed by atoms with Crippen molar-refractivity contribution in [2.45, 2.75) is 12.8 Å². The molecule has 0 atom stereocenters. The summed E-state index contributed by atoms with van der Waals surface area (Å²) in [5, 5.41) is 0. The van der Waals surface area contributed by atoms with Gasteiger partial charge in [-0.05, 0) is 18.4 Å². The summed E-state index contributed by atoms with van der Waals surface area (Å²) >= 11 is 8.91. The van der Waals surface area contributed by atoms with Crippen molar-refractivity contribution in [3.8, 4) is 0 Å². The Morgan fingerprint density at radius 1 is 1.56 bits per heavy atom. The molecule has 0 saturated heterocycles. The first-order valence-electron chi connectivity index (χ1n) is 2.90. The first-order chi connectivity index (χ1) is 4.30. The molecule has 0 aromatic rings. The van der Waals surface area contributed by atoms with Gasteiger partial charge in [0.1, 0.15) is 0 Å². The van der Waals surface area contributed by atoms with Crippen molar-refractivity contribution in [1.82, 2.24) is 0 Å². The van der Waals surface area contributed by atoms with Gasteiger partial charge in [0, 0.05) is 0 Å². The maximum atomic E-state index is 4.86. The minimum Gasteiger partial charge on any atom is -0.131 e. The van der Waals surface area contributed by atoms with Gasteiger partial charge < -0.3 is 0 Å². The maximum absolute atomic E-state index is 4.86. The van der Waals surface area contributed by atoms with E-state index in [1.54, 1.807) is 0 Å². The van der Waals surface area contributed by atoms with E-state index in [1.807, 2.05) is 6.08 Å². The lowest BCUT2D eigenvalue weighted by Gasteiger charge is -2.01. The second kappa shape index (κ2) is 3.18. The molecule has 48 valence electrons. The molecule has 0 fully saturated rings. The van der Waals surface area contributed by atoms with Gasteiger partial charge in [0.05, 0.1) is 4.20 Å². The molecular formula is C7H8S2. The summed E-state index contributed by atoms with van der Waals surface area (Å²) in [4.78, 5) is 0. The molecule has 0 N–H and O–H groups in total. The van der Waals surface area contributed by atoms with Crippen LogP contribution in [0.25, 0.3) is 0 Å². The molecule has 0 aromatic carbocycles. The molecular weight excluding hydrogens is 148 g/mol. The van der Waals surface area contributed by atoms with Crippen LogP contribution in [0.1, 0.15) is 12.8 Å². The Kier molecular flexibility index (Phi) is 2.49. The topological polar surface area (TPSA) is 0 Å². The molecule has 0 amide bonds. The Morgan fingerprint density at radius 3 is 2.67 bits per heavy atom. The van der Waals surface area contributed by atoms with E-state index in [4.69, 9.17) is 12.2 Å². The lowest BCUT2D eigenvalue weighted by atomic mass is 10.1. The van der Waals surface area contributed by atoms with Crippen molar-refractivity contribution in [3.63, 3.8) is 0 Å². The van der Waals surface area contributed by atoms with E-state index in [9.17, 15) is 0 Å². The van der Waals surface area contributed by atoms with Crippen molar-refractivity contribution in [2.24, 2.45) is 0 Å². The third-order valence-electron chi connectivity index (χ3n) is 1.24. The summed E-state index contributed by atoms with van der Waals surface area (Å²) < 4.78 is 0.700. The zero-order chi connectivity index (χ0) is 6.69. The summed E-state index contributed by atoms with van der Waals surface area (Å²) in [5.74, 6) is 0. The van der Waals surface area contributed by atoms with Crippen LogP contribution in [0, 0.1) is 0 Å². The van der Waals surface area contributed by atoms with E-state index < -0.39 is 0 Å². The Bertz CT molecular complexity index is 177. The fraction of sp³-hybridized carbons (Fsp3) is 0.286. The van der Waals surface area contributed by atoms with Gasteiger partial charge in [-0.25, -0.2) is 0 Å². The van der Waals surface area contributed by atoms with Crippen molar-refractivity contribution >= 4 is 29.0 Å². The molecule has 0 spiro atoms. The highest BCUT2D eigenvalue weighted by Gasteiger charge is 1.97. The Labute approximate surface area is 66.1 Å². The monoisotopic (exact) mass is 156 g/mol. The number of hydrogen-bond donors (Lipinski definition) is 1. The highest BCUT2D eigenvalue weighted by molar-refractivity contribution is 8.11. The summed E-state index contributed by atoms with van der Waals surface area (Å²) in [6.07, 6.45) is 8.51. The normalized spacial score (nSPS) is 17.2. The van der Waals surface area contributed by atoms with Gasteiger partial charge in [-0.3, -0.25) is 0 Å². The first-order valence-corrected chi connectivity index (χ1v) is 3.76. The molecule has 1 aliphatic rings. The smallest absolute Gasteiger partial charge is 0.0744 e. The minimum absolute atomic E-state index is 0.700. The van der Waals surface area contributed by atoms with E-state index in [0.29, 0.717) is 4.20 Å². The molecule has 0 saturated carbocycles. The third kappa shape index (κ3) is 1.95. The summed E-state index contributed by atoms with van der Waals surface area (Å²) in [6.45, 7) is 0. The number of allylic oxidation sites excluding steroid dienone is 3. The van der Waals surface area contributed by atoms with E-state index >= 15 is 0 Å². The van der Waals surface area contributed by atoms with Crippen molar-refractivity contribution < 1.29 is 0 Å². The van der Waals surface area contributed by atoms with Crippen LogP contribution in [-0.4, -0.2) is 4.20 Å². The van der Waals surface area contributed by atoms with Gasteiger partial charge >= 0.3 is 0 Å². The van der Waals surface area contributed by atoms with Crippen molar-refractivity contribution in [3.05, 3.63) is 23.8 Å². The van der Waals surface area contributed by atoms with Crippen LogP contribution < -0.4 is 0 Å². The van der Waals surface area contributed by atoms with Crippen LogP contribution >= 0.6 is 24.8 Å². The Morgan fingerprint density at radius 2 is 2.33 bits per heavy atom. The van der Waals surface area contributed by atoms with Crippen LogP contribution in [0.5, 0.6) is 0 Å². The van der Waals surface area contributed by atoms with Crippen LogP contribution in [0.3, 0.4) is 0 Å². The van der Waals surface area contributed by atoms with Gasteiger partial charge in [-0.2, -0.15) is 0 Å². The summed E-state index contributed by atoms with van der Waals surface area (Å²) in [6, 6.07) is 0. The molecule has 9 heavy (non-hydrogen) atoms. The Hall–Kier alpha value is -0.0800. The van der Waals surface area contributed by atoms with Gasteiger partial charge in [0.2, 0.25) is 0 Å². The summed E-state index contributed by atoms with van der Waals surface area (Å²) in [7, 11) is 0. The molecule has 0 bridgehead atoms.